The van der Waals surface area contributed by atoms with Crippen molar-refractivity contribution in [3.8, 4) is 5.75 Å². The Morgan fingerprint density at radius 3 is 2.76 bits per heavy atom. The number of hydrogen-bond donors (Lipinski definition) is 2. The summed E-state index contributed by atoms with van der Waals surface area (Å²) in [4.78, 5) is 28.1. The van der Waals surface area contributed by atoms with Crippen LogP contribution < -0.4 is 15.4 Å². The zero-order chi connectivity index (χ0) is 23.8. The van der Waals surface area contributed by atoms with E-state index in [-0.39, 0.29) is 0 Å². The fourth-order valence-corrected chi connectivity index (χ4v) is 3.81. The van der Waals surface area contributed by atoms with E-state index in [0.717, 1.165) is 46.7 Å². The molecular formula is C23H32N6O3S. The summed E-state index contributed by atoms with van der Waals surface area (Å²) in [6.07, 6.45) is 4.52. The average molecular weight is 473 g/mol. The van der Waals surface area contributed by atoms with Crippen LogP contribution in [0.4, 0.5) is 15.7 Å². The highest BCUT2D eigenvalue weighted by Crippen LogP contribution is 2.25. The monoisotopic (exact) mass is 472 g/mol. The topological polar surface area (TPSA) is 102 Å². The number of hydrogen-bond acceptors (Lipinski definition) is 9. The van der Waals surface area contributed by atoms with Crippen LogP contribution in [-0.2, 0) is 11.2 Å². The van der Waals surface area contributed by atoms with E-state index in [1.54, 1.807) is 12.5 Å². The van der Waals surface area contributed by atoms with Gasteiger partial charge < -0.3 is 19.7 Å². The molecule has 9 nitrogen and oxygen atoms in total. The lowest BCUT2D eigenvalue weighted by atomic mass is 10.2. The lowest BCUT2D eigenvalue weighted by Crippen LogP contribution is -2.27. The van der Waals surface area contributed by atoms with Crippen molar-refractivity contribution < 1.29 is 14.3 Å². The van der Waals surface area contributed by atoms with Crippen LogP contribution in [0.5, 0.6) is 5.75 Å². The second-order valence-electron chi connectivity index (χ2n) is 8.84. The number of carbonyl (C=O) groups excluding carboxylic acids is 1. The van der Waals surface area contributed by atoms with Gasteiger partial charge in [-0.05, 0) is 53.4 Å². The summed E-state index contributed by atoms with van der Waals surface area (Å²) in [5.74, 6) is 1.58. The number of ether oxygens (including phenoxy) is 2. The predicted octanol–water partition coefficient (Wildman–Crippen LogP) is 4.42. The maximum Gasteiger partial charge on any atom is 0.413 e. The smallest absolute Gasteiger partial charge is 0.413 e. The van der Waals surface area contributed by atoms with Crippen LogP contribution in [0.3, 0.4) is 0 Å². The van der Waals surface area contributed by atoms with Crippen LogP contribution in [0.15, 0.2) is 30.7 Å². The Labute approximate surface area is 198 Å². The van der Waals surface area contributed by atoms with E-state index in [9.17, 15) is 4.79 Å². The standard InChI is InChI=1S/C23H32N6O3S/c1-23(2,3)32-22(30)28-21-25-14-17(33-21)9-10-24-20-18-8-7-16(13-19(18)26-15-27-20)31-12-6-11-29(4)5/h7-8,13-15H,6,9-12H2,1-5H3,(H,24,26,27)(H,25,28,30). The van der Waals surface area contributed by atoms with Crippen LogP contribution in [0.25, 0.3) is 10.9 Å². The lowest BCUT2D eigenvalue weighted by molar-refractivity contribution is 0.0636. The number of anilines is 2. The van der Waals surface area contributed by atoms with E-state index < -0.39 is 11.7 Å². The third-order valence-corrected chi connectivity index (χ3v) is 5.42. The molecule has 0 atom stereocenters. The molecule has 0 fully saturated rings. The minimum Gasteiger partial charge on any atom is -0.493 e. The van der Waals surface area contributed by atoms with Crippen LogP contribution in [-0.4, -0.2) is 65.3 Å². The van der Waals surface area contributed by atoms with Gasteiger partial charge in [0.05, 0.1) is 12.1 Å². The van der Waals surface area contributed by atoms with Crippen molar-refractivity contribution in [2.24, 2.45) is 0 Å². The molecular weight excluding hydrogens is 440 g/mol. The minimum absolute atomic E-state index is 0.505. The summed E-state index contributed by atoms with van der Waals surface area (Å²) >= 11 is 1.42. The van der Waals surface area contributed by atoms with Gasteiger partial charge in [-0.1, -0.05) is 0 Å². The Morgan fingerprint density at radius 1 is 1.18 bits per heavy atom. The number of benzene rings is 1. The quantitative estimate of drug-likeness (QED) is 0.418. The first-order valence-corrected chi connectivity index (χ1v) is 11.7. The van der Waals surface area contributed by atoms with Crippen molar-refractivity contribution in [1.29, 1.82) is 0 Å². The third-order valence-electron chi connectivity index (χ3n) is 4.45. The summed E-state index contributed by atoms with van der Waals surface area (Å²) in [5, 5.41) is 7.50. The molecule has 0 spiro atoms. The Hall–Kier alpha value is -2.98. The maximum atomic E-state index is 11.9. The van der Waals surface area contributed by atoms with Crippen molar-refractivity contribution in [2.75, 3.05) is 44.4 Å². The number of nitrogens with zero attached hydrogens (tertiary/aromatic N) is 4. The Morgan fingerprint density at radius 2 is 2.00 bits per heavy atom. The number of fused-ring (bicyclic) bond motifs is 1. The fraction of sp³-hybridized carbons (Fsp3) is 0.478. The molecule has 0 saturated carbocycles. The van der Waals surface area contributed by atoms with Crippen LogP contribution >= 0.6 is 11.3 Å². The minimum atomic E-state index is -0.548. The van der Waals surface area contributed by atoms with E-state index in [4.69, 9.17) is 9.47 Å². The SMILES string of the molecule is CN(C)CCCOc1ccc2c(NCCc3cnc(NC(=O)OC(C)(C)C)s3)ncnc2c1. The number of rotatable bonds is 10. The molecule has 0 bridgehead atoms. The summed E-state index contributed by atoms with van der Waals surface area (Å²) in [6.45, 7) is 7.79. The van der Waals surface area contributed by atoms with Gasteiger partial charge in [0.15, 0.2) is 5.13 Å². The molecule has 2 N–H and O–H groups in total. The molecule has 3 aromatic rings. The maximum absolute atomic E-state index is 11.9. The highest BCUT2D eigenvalue weighted by atomic mass is 32.1. The van der Waals surface area contributed by atoms with E-state index in [2.05, 4.69) is 44.6 Å². The molecule has 0 aliphatic rings. The van der Waals surface area contributed by atoms with Gasteiger partial charge in [-0.3, -0.25) is 5.32 Å². The molecule has 0 aliphatic carbocycles. The predicted molar refractivity (Wildman–Crippen MR) is 132 cm³/mol. The molecule has 0 saturated heterocycles. The second-order valence-corrected chi connectivity index (χ2v) is 9.96. The number of thiazole rings is 1. The molecule has 1 amide bonds. The van der Waals surface area contributed by atoms with Gasteiger partial charge in [-0.2, -0.15) is 0 Å². The molecule has 10 heteroatoms. The van der Waals surface area contributed by atoms with Gasteiger partial charge in [-0.15, -0.1) is 11.3 Å². The van der Waals surface area contributed by atoms with Crippen molar-refractivity contribution in [3.05, 3.63) is 35.6 Å². The van der Waals surface area contributed by atoms with Crippen LogP contribution in [0, 0.1) is 0 Å². The first kappa shape index (κ1) is 24.7. The highest BCUT2D eigenvalue weighted by Gasteiger charge is 2.17. The van der Waals surface area contributed by atoms with Gasteiger partial charge in [-0.25, -0.2) is 19.7 Å². The van der Waals surface area contributed by atoms with Crippen molar-refractivity contribution in [2.45, 2.75) is 39.2 Å². The number of nitrogens with one attached hydrogen (secondary N) is 2. The molecule has 0 unspecified atom stereocenters. The van der Waals surface area contributed by atoms with E-state index in [1.165, 1.54) is 11.3 Å². The van der Waals surface area contributed by atoms with E-state index in [0.29, 0.717) is 18.3 Å². The summed E-state index contributed by atoms with van der Waals surface area (Å²) in [6, 6.07) is 5.87. The van der Waals surface area contributed by atoms with Gasteiger partial charge in [0, 0.05) is 42.0 Å². The van der Waals surface area contributed by atoms with Gasteiger partial charge in [0.25, 0.3) is 0 Å². The fourth-order valence-electron chi connectivity index (χ4n) is 3.01. The zero-order valence-corrected chi connectivity index (χ0v) is 20.7. The molecule has 3 rings (SSSR count). The van der Waals surface area contributed by atoms with E-state index in [1.807, 2.05) is 39.0 Å². The lowest BCUT2D eigenvalue weighted by Gasteiger charge is -2.18. The highest BCUT2D eigenvalue weighted by molar-refractivity contribution is 7.15. The molecule has 178 valence electrons. The second kappa shape index (κ2) is 11.2. The van der Waals surface area contributed by atoms with Gasteiger partial charge in [0.1, 0.15) is 23.5 Å². The summed E-state index contributed by atoms with van der Waals surface area (Å²) in [7, 11) is 4.10. The number of carbonyl (C=O) groups is 1. The van der Waals surface area contributed by atoms with Crippen LogP contribution in [0.2, 0.25) is 0 Å². The molecule has 1 aromatic carbocycles. The molecule has 33 heavy (non-hydrogen) atoms. The Kier molecular flexibility index (Phi) is 8.40. The largest absolute Gasteiger partial charge is 0.493 e. The van der Waals surface area contributed by atoms with E-state index >= 15 is 0 Å². The number of aromatic nitrogens is 3. The van der Waals surface area contributed by atoms with Crippen LogP contribution in [0.1, 0.15) is 32.1 Å². The Bertz CT molecular complexity index is 1060. The van der Waals surface area contributed by atoms with Gasteiger partial charge >= 0.3 is 6.09 Å². The molecule has 2 aromatic heterocycles. The van der Waals surface area contributed by atoms with Crippen molar-refractivity contribution >= 4 is 39.3 Å². The van der Waals surface area contributed by atoms with Gasteiger partial charge in [0.2, 0.25) is 0 Å². The van der Waals surface area contributed by atoms with Crippen molar-refractivity contribution in [1.82, 2.24) is 19.9 Å². The first-order chi connectivity index (χ1) is 15.7. The number of amides is 1. The first-order valence-electron chi connectivity index (χ1n) is 10.9. The summed E-state index contributed by atoms with van der Waals surface area (Å²) < 4.78 is 11.1. The zero-order valence-electron chi connectivity index (χ0n) is 19.8. The molecule has 0 radical (unpaired) electrons. The average Bonchev–Trinajstić information content (AvgIpc) is 3.16. The van der Waals surface area contributed by atoms with Crippen molar-refractivity contribution in [3.63, 3.8) is 0 Å². The summed E-state index contributed by atoms with van der Waals surface area (Å²) in [5.41, 5.74) is 0.284. The Balaban J connectivity index is 1.52. The molecule has 0 aliphatic heterocycles. The normalized spacial score (nSPS) is 11.6. The molecule has 2 heterocycles. The third kappa shape index (κ3) is 8.14.